The summed E-state index contributed by atoms with van der Waals surface area (Å²) in [5.41, 5.74) is 1.69. The van der Waals surface area contributed by atoms with Crippen molar-refractivity contribution in [3.05, 3.63) is 23.3 Å². The summed E-state index contributed by atoms with van der Waals surface area (Å²) in [6.45, 7) is 1.95. The first-order valence-corrected chi connectivity index (χ1v) is 5.36. The molecule has 1 saturated carbocycles. The molecule has 0 heterocycles. The van der Waals surface area contributed by atoms with Gasteiger partial charge in [0.15, 0.2) is 0 Å². The average Bonchev–Trinajstić information content (AvgIpc) is 3.10. The van der Waals surface area contributed by atoms with Crippen molar-refractivity contribution in [3.8, 4) is 11.5 Å². The Labute approximate surface area is 95.4 Å². The minimum Gasteiger partial charge on any atom is -0.496 e. The number of carbonyl (C=O) groups is 1. The quantitative estimate of drug-likeness (QED) is 0.730. The molecule has 0 aliphatic heterocycles. The molecular weight excluding hydrogens is 204 g/mol. The molecule has 0 aromatic heterocycles. The van der Waals surface area contributed by atoms with Crippen LogP contribution in [0.5, 0.6) is 11.5 Å². The zero-order valence-electron chi connectivity index (χ0n) is 9.87. The van der Waals surface area contributed by atoms with Gasteiger partial charge in [0.2, 0.25) is 0 Å². The van der Waals surface area contributed by atoms with Gasteiger partial charge in [-0.15, -0.1) is 0 Å². The molecule has 1 aliphatic rings. The van der Waals surface area contributed by atoms with Crippen LogP contribution in [0.3, 0.4) is 0 Å². The standard InChI is InChI=1S/C13H16O3/c1-9-11(15-2)6-10(7-12(9)16-3)13(8-14)4-5-13/h6-8H,4-5H2,1-3H3. The Morgan fingerprint density at radius 1 is 1.19 bits per heavy atom. The number of carbonyl (C=O) groups excluding carboxylic acids is 1. The minimum atomic E-state index is -0.283. The SMILES string of the molecule is COc1cc(C2(C=O)CC2)cc(OC)c1C. The fraction of sp³-hybridized carbons (Fsp3) is 0.462. The molecule has 0 N–H and O–H groups in total. The predicted octanol–water partition coefficient (Wildman–Crippen LogP) is 2.24. The van der Waals surface area contributed by atoms with Gasteiger partial charge in [0.1, 0.15) is 17.8 Å². The van der Waals surface area contributed by atoms with E-state index in [4.69, 9.17) is 9.47 Å². The molecule has 2 rings (SSSR count). The van der Waals surface area contributed by atoms with Crippen LogP contribution in [-0.2, 0) is 10.2 Å². The van der Waals surface area contributed by atoms with Crippen molar-refractivity contribution in [1.29, 1.82) is 0 Å². The molecule has 0 amide bonds. The molecule has 3 nitrogen and oxygen atoms in total. The molecule has 0 atom stereocenters. The van der Waals surface area contributed by atoms with Crippen molar-refractivity contribution in [2.75, 3.05) is 14.2 Å². The van der Waals surface area contributed by atoms with Gasteiger partial charge in [0, 0.05) is 5.56 Å². The molecule has 3 heteroatoms. The second kappa shape index (κ2) is 3.81. The molecule has 0 unspecified atom stereocenters. The lowest BCUT2D eigenvalue weighted by molar-refractivity contribution is -0.109. The highest BCUT2D eigenvalue weighted by Gasteiger charge is 2.44. The predicted molar refractivity (Wildman–Crippen MR) is 61.3 cm³/mol. The third kappa shape index (κ3) is 1.56. The molecular formula is C13H16O3. The second-order valence-corrected chi connectivity index (χ2v) is 4.28. The van der Waals surface area contributed by atoms with E-state index in [0.717, 1.165) is 41.8 Å². The van der Waals surface area contributed by atoms with Crippen molar-refractivity contribution in [2.24, 2.45) is 0 Å². The van der Waals surface area contributed by atoms with E-state index < -0.39 is 0 Å². The number of rotatable bonds is 4. The first-order chi connectivity index (χ1) is 7.66. The van der Waals surface area contributed by atoms with Crippen LogP contribution in [0.4, 0.5) is 0 Å². The number of methoxy groups -OCH3 is 2. The molecule has 1 aliphatic carbocycles. The second-order valence-electron chi connectivity index (χ2n) is 4.28. The fourth-order valence-electron chi connectivity index (χ4n) is 1.98. The number of hydrogen-bond donors (Lipinski definition) is 0. The van der Waals surface area contributed by atoms with Crippen LogP contribution >= 0.6 is 0 Å². The molecule has 0 spiro atoms. The van der Waals surface area contributed by atoms with Gasteiger partial charge in [0.25, 0.3) is 0 Å². The number of benzene rings is 1. The Bertz CT molecular complexity index is 394. The first kappa shape index (κ1) is 11.0. The lowest BCUT2D eigenvalue weighted by Gasteiger charge is -2.15. The summed E-state index contributed by atoms with van der Waals surface area (Å²) in [6.07, 6.45) is 2.88. The summed E-state index contributed by atoms with van der Waals surface area (Å²) in [6, 6.07) is 3.89. The van der Waals surface area contributed by atoms with E-state index >= 15 is 0 Å². The number of aldehydes is 1. The fourth-order valence-corrected chi connectivity index (χ4v) is 1.98. The molecule has 0 saturated heterocycles. The Hall–Kier alpha value is -1.51. The van der Waals surface area contributed by atoms with Crippen molar-refractivity contribution >= 4 is 6.29 Å². The average molecular weight is 220 g/mol. The highest BCUT2D eigenvalue weighted by molar-refractivity contribution is 5.74. The van der Waals surface area contributed by atoms with E-state index in [0.29, 0.717) is 0 Å². The molecule has 1 aromatic carbocycles. The van der Waals surface area contributed by atoms with Crippen LogP contribution in [0.2, 0.25) is 0 Å². The van der Waals surface area contributed by atoms with Gasteiger partial charge < -0.3 is 14.3 Å². The van der Waals surface area contributed by atoms with Gasteiger partial charge in [0.05, 0.1) is 19.6 Å². The number of ether oxygens (including phenoxy) is 2. The maximum Gasteiger partial charge on any atom is 0.130 e. The largest absolute Gasteiger partial charge is 0.496 e. The summed E-state index contributed by atoms with van der Waals surface area (Å²) in [5.74, 6) is 1.56. The van der Waals surface area contributed by atoms with E-state index in [9.17, 15) is 4.79 Å². The highest BCUT2D eigenvalue weighted by Crippen LogP contribution is 2.48. The van der Waals surface area contributed by atoms with Gasteiger partial charge in [-0.1, -0.05) is 0 Å². The van der Waals surface area contributed by atoms with E-state index in [-0.39, 0.29) is 5.41 Å². The third-order valence-electron chi connectivity index (χ3n) is 3.34. The Kier molecular flexibility index (Phi) is 2.62. The van der Waals surface area contributed by atoms with Crippen LogP contribution in [0.25, 0.3) is 0 Å². The van der Waals surface area contributed by atoms with Crippen molar-refractivity contribution in [1.82, 2.24) is 0 Å². The third-order valence-corrected chi connectivity index (χ3v) is 3.34. The molecule has 1 fully saturated rings. The maximum absolute atomic E-state index is 11.1. The topological polar surface area (TPSA) is 35.5 Å². The van der Waals surface area contributed by atoms with Gasteiger partial charge in [-0.2, -0.15) is 0 Å². The summed E-state index contributed by atoms with van der Waals surface area (Å²) in [4.78, 5) is 11.1. The van der Waals surface area contributed by atoms with Crippen LogP contribution in [-0.4, -0.2) is 20.5 Å². The van der Waals surface area contributed by atoms with Crippen LogP contribution in [0.15, 0.2) is 12.1 Å². The van der Waals surface area contributed by atoms with Gasteiger partial charge in [-0.05, 0) is 37.5 Å². The van der Waals surface area contributed by atoms with E-state index in [1.807, 2.05) is 19.1 Å². The van der Waals surface area contributed by atoms with Gasteiger partial charge in [-0.25, -0.2) is 0 Å². The zero-order chi connectivity index (χ0) is 11.8. The molecule has 16 heavy (non-hydrogen) atoms. The smallest absolute Gasteiger partial charge is 0.130 e. The summed E-state index contributed by atoms with van der Waals surface area (Å²) >= 11 is 0. The van der Waals surface area contributed by atoms with E-state index in [1.54, 1.807) is 14.2 Å². The maximum atomic E-state index is 11.1. The van der Waals surface area contributed by atoms with Crippen molar-refractivity contribution in [3.63, 3.8) is 0 Å². The minimum absolute atomic E-state index is 0.283. The Morgan fingerprint density at radius 3 is 2.00 bits per heavy atom. The Balaban J connectivity index is 2.51. The van der Waals surface area contributed by atoms with E-state index in [2.05, 4.69) is 0 Å². The lowest BCUT2D eigenvalue weighted by atomic mass is 9.95. The molecule has 0 bridgehead atoms. The molecule has 1 aromatic rings. The van der Waals surface area contributed by atoms with E-state index in [1.165, 1.54) is 0 Å². The Morgan fingerprint density at radius 2 is 1.69 bits per heavy atom. The molecule has 0 radical (unpaired) electrons. The van der Waals surface area contributed by atoms with Gasteiger partial charge in [-0.3, -0.25) is 0 Å². The summed E-state index contributed by atoms with van der Waals surface area (Å²) in [7, 11) is 3.26. The monoisotopic (exact) mass is 220 g/mol. The van der Waals surface area contributed by atoms with Crippen LogP contribution in [0, 0.1) is 6.92 Å². The van der Waals surface area contributed by atoms with Gasteiger partial charge >= 0.3 is 0 Å². The normalized spacial score (nSPS) is 16.7. The van der Waals surface area contributed by atoms with Crippen LogP contribution in [0.1, 0.15) is 24.0 Å². The van der Waals surface area contributed by atoms with Crippen molar-refractivity contribution in [2.45, 2.75) is 25.2 Å². The number of hydrogen-bond acceptors (Lipinski definition) is 3. The summed E-state index contributed by atoms with van der Waals surface area (Å²) in [5, 5.41) is 0. The first-order valence-electron chi connectivity index (χ1n) is 5.36. The van der Waals surface area contributed by atoms with Crippen molar-refractivity contribution < 1.29 is 14.3 Å². The molecule has 86 valence electrons. The summed E-state index contributed by atoms with van der Waals surface area (Å²) < 4.78 is 10.6. The highest BCUT2D eigenvalue weighted by atomic mass is 16.5. The van der Waals surface area contributed by atoms with Crippen LogP contribution < -0.4 is 9.47 Å². The zero-order valence-corrected chi connectivity index (χ0v) is 9.87. The lowest BCUT2D eigenvalue weighted by Crippen LogP contribution is -2.09.